The predicted molar refractivity (Wildman–Crippen MR) is 67.1 cm³/mol. The molecule has 1 heterocycles. The van der Waals surface area contributed by atoms with Gasteiger partial charge in [-0.05, 0) is 12.1 Å². The van der Waals surface area contributed by atoms with Crippen LogP contribution in [0.25, 0.3) is 0 Å². The molecule has 0 radical (unpaired) electrons. The molecular weight excluding hydrogens is 254 g/mol. The molecule has 5 nitrogen and oxygen atoms in total. The Hall–Kier alpha value is -1.11. The molecule has 0 saturated carbocycles. The molecule has 1 aliphatic heterocycles. The zero-order valence-corrected chi connectivity index (χ0v) is 11.1. The first-order chi connectivity index (χ1) is 8.50. The number of rotatable bonds is 4. The zero-order valence-electron chi connectivity index (χ0n) is 10.2. The topological polar surface area (TPSA) is 80.2 Å². The number of quaternary nitrogens is 1. The van der Waals surface area contributed by atoms with Crippen LogP contribution in [0.15, 0.2) is 24.3 Å². The molecule has 0 amide bonds. The van der Waals surface area contributed by atoms with Crippen molar-refractivity contribution < 1.29 is 23.6 Å². The third kappa shape index (κ3) is 3.22. The van der Waals surface area contributed by atoms with Crippen molar-refractivity contribution in [3.05, 3.63) is 29.8 Å². The van der Waals surface area contributed by atoms with Gasteiger partial charge >= 0.3 is 0 Å². The van der Waals surface area contributed by atoms with Crippen molar-refractivity contribution in [1.82, 2.24) is 0 Å². The molecule has 100 valence electrons. The first-order valence-electron chi connectivity index (χ1n) is 5.85. The van der Waals surface area contributed by atoms with Crippen LogP contribution in [-0.4, -0.2) is 44.3 Å². The third-order valence-corrected chi connectivity index (χ3v) is 4.90. The Morgan fingerprint density at radius 1 is 1.44 bits per heavy atom. The van der Waals surface area contributed by atoms with Gasteiger partial charge in [0.05, 0.1) is 12.9 Å². The number of hydrogen-bond acceptors (Lipinski definition) is 4. The molecule has 6 heteroatoms. The van der Waals surface area contributed by atoms with Gasteiger partial charge in [-0.1, -0.05) is 12.1 Å². The number of aliphatic hydroxyl groups is 1. The predicted octanol–water partition coefficient (Wildman–Crippen LogP) is -1.08. The molecule has 1 saturated heterocycles. The highest BCUT2D eigenvalue weighted by Gasteiger charge is 2.38. The largest absolute Gasteiger partial charge is 0.497 e. The number of aliphatic hydroxyl groups excluding tert-OH is 1. The van der Waals surface area contributed by atoms with E-state index in [0.717, 1.165) is 11.3 Å². The second-order valence-electron chi connectivity index (χ2n) is 4.60. The van der Waals surface area contributed by atoms with Crippen LogP contribution in [0, 0.1) is 0 Å². The Morgan fingerprint density at radius 2 is 2.22 bits per heavy atom. The van der Waals surface area contributed by atoms with E-state index < -0.39 is 15.9 Å². The Morgan fingerprint density at radius 3 is 2.83 bits per heavy atom. The number of hydrogen-bond donors (Lipinski definition) is 2. The van der Waals surface area contributed by atoms with Crippen molar-refractivity contribution in [3.63, 3.8) is 0 Å². The van der Waals surface area contributed by atoms with Crippen molar-refractivity contribution in [2.45, 2.75) is 18.7 Å². The highest BCUT2D eigenvalue weighted by atomic mass is 32.2. The highest BCUT2D eigenvalue weighted by Crippen LogP contribution is 2.12. The molecule has 18 heavy (non-hydrogen) atoms. The molecule has 0 spiro atoms. The first kappa shape index (κ1) is 13.3. The van der Waals surface area contributed by atoms with Crippen LogP contribution in [0.3, 0.4) is 0 Å². The van der Waals surface area contributed by atoms with Crippen LogP contribution < -0.4 is 10.1 Å². The van der Waals surface area contributed by atoms with Crippen LogP contribution in [0.5, 0.6) is 5.75 Å². The molecule has 0 bridgehead atoms. The highest BCUT2D eigenvalue weighted by molar-refractivity contribution is 7.91. The fourth-order valence-electron chi connectivity index (χ4n) is 2.17. The summed E-state index contributed by atoms with van der Waals surface area (Å²) in [5.74, 6) is 0.713. The summed E-state index contributed by atoms with van der Waals surface area (Å²) >= 11 is 0. The summed E-state index contributed by atoms with van der Waals surface area (Å²) in [6.45, 7) is 0.633. The minimum absolute atomic E-state index is 0.0537. The number of benzene rings is 1. The quantitative estimate of drug-likeness (QED) is 0.730. The maximum absolute atomic E-state index is 11.4. The lowest BCUT2D eigenvalue weighted by Gasteiger charge is -2.11. The van der Waals surface area contributed by atoms with Crippen molar-refractivity contribution in [3.8, 4) is 5.75 Å². The van der Waals surface area contributed by atoms with Crippen LogP contribution in [0.1, 0.15) is 5.56 Å². The Bertz CT molecular complexity index is 515. The monoisotopic (exact) mass is 272 g/mol. The van der Waals surface area contributed by atoms with Gasteiger partial charge in [0.2, 0.25) is 0 Å². The lowest BCUT2D eigenvalue weighted by molar-refractivity contribution is -0.705. The summed E-state index contributed by atoms with van der Waals surface area (Å²) in [6, 6.07) is 7.35. The second kappa shape index (κ2) is 5.26. The second-order valence-corrected chi connectivity index (χ2v) is 6.75. The maximum Gasteiger partial charge on any atom is 0.159 e. The van der Waals surface area contributed by atoms with Crippen molar-refractivity contribution >= 4 is 9.84 Å². The standard InChI is InChI=1S/C12H17NO4S/c1-17-10-4-2-3-9(5-10)6-13-11-7-18(15,16)8-12(11)14/h2-5,11-14H,6-8H2,1H3/p+1/t11-,12-/m0/s1. The van der Waals surface area contributed by atoms with Crippen molar-refractivity contribution in [2.75, 3.05) is 18.6 Å². The van der Waals surface area contributed by atoms with Gasteiger partial charge < -0.3 is 15.2 Å². The summed E-state index contributed by atoms with van der Waals surface area (Å²) in [4.78, 5) is 0. The smallest absolute Gasteiger partial charge is 0.159 e. The fourth-order valence-corrected chi connectivity index (χ4v) is 4.02. The lowest BCUT2D eigenvalue weighted by Crippen LogP contribution is -2.91. The summed E-state index contributed by atoms with van der Waals surface area (Å²) in [7, 11) is -1.46. The van der Waals surface area contributed by atoms with E-state index in [1.165, 1.54) is 0 Å². The van der Waals surface area contributed by atoms with E-state index in [1.807, 2.05) is 29.6 Å². The van der Waals surface area contributed by atoms with Gasteiger partial charge in [0.1, 0.15) is 30.2 Å². The van der Waals surface area contributed by atoms with Gasteiger partial charge in [0.25, 0.3) is 0 Å². The minimum Gasteiger partial charge on any atom is -0.497 e. The molecule has 2 atom stereocenters. The summed E-state index contributed by atoms with van der Waals surface area (Å²) in [5, 5.41) is 11.5. The average Bonchev–Trinajstić information content (AvgIpc) is 2.60. The Labute approximate surface area is 107 Å². The average molecular weight is 272 g/mol. The van der Waals surface area contributed by atoms with E-state index in [0.29, 0.717) is 6.54 Å². The first-order valence-corrected chi connectivity index (χ1v) is 7.67. The summed E-state index contributed by atoms with van der Waals surface area (Å²) in [5.41, 5.74) is 1.05. The number of methoxy groups -OCH3 is 1. The van der Waals surface area contributed by atoms with E-state index in [2.05, 4.69) is 0 Å². The van der Waals surface area contributed by atoms with Gasteiger partial charge in [-0.3, -0.25) is 0 Å². The molecule has 1 aromatic carbocycles. The Balaban J connectivity index is 1.95. The normalized spacial score (nSPS) is 26.1. The number of nitrogens with two attached hydrogens (primary N) is 1. The van der Waals surface area contributed by atoms with Gasteiger partial charge in [0, 0.05) is 5.56 Å². The van der Waals surface area contributed by atoms with E-state index in [-0.39, 0.29) is 17.5 Å². The number of ether oxygens (including phenoxy) is 1. The van der Waals surface area contributed by atoms with Crippen LogP contribution >= 0.6 is 0 Å². The van der Waals surface area contributed by atoms with Gasteiger partial charge in [0.15, 0.2) is 9.84 Å². The summed E-state index contributed by atoms with van der Waals surface area (Å²) < 4.78 is 27.8. The van der Waals surface area contributed by atoms with Crippen LogP contribution in [0.4, 0.5) is 0 Å². The van der Waals surface area contributed by atoms with E-state index in [9.17, 15) is 13.5 Å². The maximum atomic E-state index is 11.4. The molecule has 0 aliphatic carbocycles. The van der Waals surface area contributed by atoms with Gasteiger partial charge in [-0.25, -0.2) is 8.42 Å². The molecule has 1 fully saturated rings. The van der Waals surface area contributed by atoms with Crippen LogP contribution in [0.2, 0.25) is 0 Å². The molecule has 1 aromatic rings. The summed E-state index contributed by atoms with van der Waals surface area (Å²) in [6.07, 6.45) is -0.763. The minimum atomic E-state index is -3.07. The van der Waals surface area contributed by atoms with E-state index in [4.69, 9.17) is 4.74 Å². The lowest BCUT2D eigenvalue weighted by atomic mass is 10.1. The molecule has 1 aliphatic rings. The molecule has 2 rings (SSSR count). The zero-order chi connectivity index (χ0) is 13.2. The molecule has 0 unspecified atom stereocenters. The SMILES string of the molecule is COc1cccc(C[NH2+][C@H]2CS(=O)(=O)C[C@@H]2O)c1. The van der Waals surface area contributed by atoms with Crippen LogP contribution in [-0.2, 0) is 16.4 Å². The van der Waals surface area contributed by atoms with E-state index >= 15 is 0 Å². The fraction of sp³-hybridized carbons (Fsp3) is 0.500. The third-order valence-electron chi connectivity index (χ3n) is 3.16. The molecule has 3 N–H and O–H groups in total. The van der Waals surface area contributed by atoms with Gasteiger partial charge in [-0.15, -0.1) is 0 Å². The van der Waals surface area contributed by atoms with Gasteiger partial charge in [-0.2, -0.15) is 0 Å². The molecular formula is C12H18NO4S+. The Kier molecular flexibility index (Phi) is 3.89. The van der Waals surface area contributed by atoms with Crippen molar-refractivity contribution in [1.29, 1.82) is 0 Å². The van der Waals surface area contributed by atoms with E-state index in [1.54, 1.807) is 7.11 Å². The van der Waals surface area contributed by atoms with Crippen molar-refractivity contribution in [2.24, 2.45) is 0 Å². The molecule has 0 aromatic heterocycles. The number of sulfone groups is 1.